The van der Waals surface area contributed by atoms with Crippen LogP contribution in [0.2, 0.25) is 0 Å². The molecule has 3 aromatic heterocycles. The summed E-state index contributed by atoms with van der Waals surface area (Å²) in [7, 11) is 0. The Morgan fingerprint density at radius 1 is 1.23 bits per heavy atom. The molecule has 108 valence electrons. The number of H-pyrrole nitrogens is 1. The van der Waals surface area contributed by atoms with Crippen molar-refractivity contribution in [3.63, 3.8) is 0 Å². The van der Waals surface area contributed by atoms with Gasteiger partial charge in [0.15, 0.2) is 11.5 Å². The van der Waals surface area contributed by atoms with E-state index in [2.05, 4.69) is 15.1 Å². The third kappa shape index (κ3) is 1.79. The first kappa shape index (κ1) is 12.7. The van der Waals surface area contributed by atoms with Crippen molar-refractivity contribution in [2.24, 2.45) is 0 Å². The van der Waals surface area contributed by atoms with Crippen LogP contribution in [0.1, 0.15) is 0 Å². The fourth-order valence-corrected chi connectivity index (χ4v) is 2.99. The van der Waals surface area contributed by atoms with Crippen LogP contribution in [-0.2, 0) is 0 Å². The summed E-state index contributed by atoms with van der Waals surface area (Å²) in [5.41, 5.74) is 0.696. The number of nitro benzene ring substituents is 1. The normalized spacial score (nSPS) is 11.3. The van der Waals surface area contributed by atoms with Gasteiger partial charge in [0.2, 0.25) is 0 Å². The third-order valence-corrected chi connectivity index (χ3v) is 4.09. The van der Waals surface area contributed by atoms with E-state index in [-0.39, 0.29) is 11.4 Å². The molecule has 8 nitrogen and oxygen atoms in total. The van der Waals surface area contributed by atoms with Crippen molar-refractivity contribution in [3.8, 4) is 11.4 Å². The van der Waals surface area contributed by atoms with Crippen LogP contribution in [0.3, 0.4) is 0 Å². The van der Waals surface area contributed by atoms with Crippen molar-refractivity contribution >= 4 is 32.9 Å². The van der Waals surface area contributed by atoms with E-state index >= 15 is 0 Å². The van der Waals surface area contributed by atoms with E-state index in [4.69, 9.17) is 0 Å². The van der Waals surface area contributed by atoms with E-state index < -0.39 is 4.92 Å². The Morgan fingerprint density at radius 3 is 2.73 bits per heavy atom. The Morgan fingerprint density at radius 2 is 2.00 bits per heavy atom. The summed E-state index contributed by atoms with van der Waals surface area (Å²) in [5, 5.41) is 17.5. The number of aromatic nitrogens is 4. The van der Waals surface area contributed by atoms with Crippen LogP contribution in [0.25, 0.3) is 27.3 Å². The summed E-state index contributed by atoms with van der Waals surface area (Å²) in [6.07, 6.45) is 0. The van der Waals surface area contributed by atoms with Gasteiger partial charge in [-0.15, -0.1) is 16.4 Å². The van der Waals surface area contributed by atoms with Gasteiger partial charge in [-0.05, 0) is 23.6 Å². The van der Waals surface area contributed by atoms with E-state index in [0.29, 0.717) is 17.0 Å². The number of hydrogen-bond donors (Lipinski definition) is 1. The second-order valence-electron chi connectivity index (χ2n) is 4.57. The fourth-order valence-electron chi connectivity index (χ4n) is 2.21. The number of non-ortho nitro benzene ring substituents is 1. The van der Waals surface area contributed by atoms with E-state index in [1.807, 2.05) is 11.4 Å². The lowest BCUT2D eigenvalue weighted by molar-refractivity contribution is -0.384. The largest absolute Gasteiger partial charge is 0.349 e. The van der Waals surface area contributed by atoms with Gasteiger partial charge in [-0.2, -0.15) is 4.52 Å². The summed E-state index contributed by atoms with van der Waals surface area (Å²) in [5.74, 6) is 0.346. The average Bonchev–Trinajstić information content (AvgIpc) is 3.13. The van der Waals surface area contributed by atoms with Crippen molar-refractivity contribution in [1.29, 1.82) is 0 Å². The third-order valence-electron chi connectivity index (χ3n) is 3.26. The minimum atomic E-state index is -0.472. The summed E-state index contributed by atoms with van der Waals surface area (Å²) in [6, 6.07) is 7.74. The van der Waals surface area contributed by atoms with Crippen molar-refractivity contribution in [1.82, 2.24) is 19.6 Å². The van der Waals surface area contributed by atoms with Crippen molar-refractivity contribution in [3.05, 3.63) is 56.3 Å². The molecule has 22 heavy (non-hydrogen) atoms. The second-order valence-corrected chi connectivity index (χ2v) is 5.48. The number of nitrogens with zero attached hydrogens (tertiary/aromatic N) is 4. The number of rotatable bonds is 2. The maximum Gasteiger partial charge on any atom is 0.349 e. The average molecular weight is 313 g/mol. The predicted molar refractivity (Wildman–Crippen MR) is 81.1 cm³/mol. The van der Waals surface area contributed by atoms with Crippen molar-refractivity contribution in [2.75, 3.05) is 0 Å². The molecule has 0 amide bonds. The van der Waals surface area contributed by atoms with Crippen LogP contribution in [0.15, 0.2) is 40.5 Å². The molecule has 1 aromatic carbocycles. The van der Waals surface area contributed by atoms with Crippen LogP contribution in [-0.4, -0.2) is 24.5 Å². The van der Waals surface area contributed by atoms with Crippen LogP contribution in [0.4, 0.5) is 5.69 Å². The molecule has 0 saturated heterocycles. The molecule has 0 aliphatic carbocycles. The number of hydrogen-bond acceptors (Lipinski definition) is 6. The first-order valence-corrected chi connectivity index (χ1v) is 7.12. The Hall–Kier alpha value is -3.07. The Bertz CT molecular complexity index is 1080. The van der Waals surface area contributed by atoms with Crippen molar-refractivity contribution < 1.29 is 4.92 Å². The highest BCUT2D eigenvalue weighted by Gasteiger charge is 2.13. The SMILES string of the molecule is O=c1[nH]c2sccc2c2nc(-c3ccc([N+](=O)[O-])cc3)nn12. The molecule has 1 N–H and O–H groups in total. The Kier molecular flexibility index (Phi) is 2.57. The molecule has 3 heterocycles. The lowest BCUT2D eigenvalue weighted by Gasteiger charge is -1.94. The zero-order valence-corrected chi connectivity index (χ0v) is 11.7. The quantitative estimate of drug-likeness (QED) is 0.451. The van der Waals surface area contributed by atoms with Gasteiger partial charge in [0.25, 0.3) is 5.69 Å². The highest BCUT2D eigenvalue weighted by molar-refractivity contribution is 7.16. The van der Waals surface area contributed by atoms with Crippen LogP contribution >= 0.6 is 11.3 Å². The Balaban J connectivity index is 1.94. The zero-order valence-electron chi connectivity index (χ0n) is 10.9. The highest BCUT2D eigenvalue weighted by atomic mass is 32.1. The molecule has 4 aromatic rings. The van der Waals surface area contributed by atoms with Gasteiger partial charge >= 0.3 is 5.69 Å². The summed E-state index contributed by atoms with van der Waals surface area (Å²) in [6.45, 7) is 0. The maximum atomic E-state index is 12.0. The maximum absolute atomic E-state index is 12.0. The first-order valence-electron chi connectivity index (χ1n) is 6.24. The van der Waals surface area contributed by atoms with Gasteiger partial charge < -0.3 is 0 Å². The monoisotopic (exact) mass is 313 g/mol. The minimum absolute atomic E-state index is 0.00872. The number of benzene rings is 1. The number of aromatic amines is 1. The van der Waals surface area contributed by atoms with Gasteiger partial charge in [0.05, 0.1) is 10.3 Å². The number of nitrogens with one attached hydrogen (secondary N) is 1. The molecule has 0 aliphatic heterocycles. The first-order chi connectivity index (χ1) is 10.6. The van der Waals surface area contributed by atoms with E-state index in [0.717, 1.165) is 10.2 Å². The molecular formula is C13H7N5O3S. The van der Waals surface area contributed by atoms with Gasteiger partial charge in [-0.1, -0.05) is 0 Å². The molecule has 0 radical (unpaired) electrons. The molecule has 0 unspecified atom stereocenters. The molecule has 0 saturated carbocycles. The molecular weight excluding hydrogens is 306 g/mol. The second kappa shape index (κ2) is 4.46. The van der Waals surface area contributed by atoms with Gasteiger partial charge in [-0.3, -0.25) is 15.1 Å². The Labute approximate surface area is 125 Å². The zero-order chi connectivity index (χ0) is 15.3. The van der Waals surface area contributed by atoms with E-state index in [9.17, 15) is 14.9 Å². The molecule has 0 spiro atoms. The molecule has 4 rings (SSSR count). The molecule has 9 heteroatoms. The predicted octanol–water partition coefficient (Wildman–Crippen LogP) is 2.21. The number of fused-ring (bicyclic) bond motifs is 3. The molecule has 0 bridgehead atoms. The topological polar surface area (TPSA) is 106 Å². The van der Waals surface area contributed by atoms with E-state index in [1.165, 1.54) is 28.0 Å². The number of thiophene rings is 1. The fraction of sp³-hybridized carbons (Fsp3) is 0. The van der Waals surface area contributed by atoms with Gasteiger partial charge in [0.1, 0.15) is 4.83 Å². The van der Waals surface area contributed by atoms with Gasteiger partial charge in [-0.25, -0.2) is 9.78 Å². The summed E-state index contributed by atoms with van der Waals surface area (Å²) < 4.78 is 1.20. The molecule has 0 atom stereocenters. The van der Waals surface area contributed by atoms with Crippen molar-refractivity contribution in [2.45, 2.75) is 0 Å². The lowest BCUT2D eigenvalue weighted by Crippen LogP contribution is -2.16. The van der Waals surface area contributed by atoms with Crippen LogP contribution < -0.4 is 5.69 Å². The molecule has 0 fully saturated rings. The van der Waals surface area contributed by atoms with Crippen LogP contribution in [0, 0.1) is 10.1 Å². The summed E-state index contributed by atoms with van der Waals surface area (Å²) in [4.78, 5) is 30.1. The van der Waals surface area contributed by atoms with E-state index in [1.54, 1.807) is 12.1 Å². The standard InChI is InChI=1S/C13H7N5O3S/c19-13-15-12-9(5-6-22-12)11-14-10(16-17(11)13)7-1-3-8(4-2-7)18(20)21/h1-6H,(H,15,19). The van der Waals surface area contributed by atoms with Crippen LogP contribution in [0.5, 0.6) is 0 Å². The van der Waals surface area contributed by atoms with Gasteiger partial charge in [0, 0.05) is 17.7 Å². The minimum Gasteiger partial charge on any atom is -0.297 e. The lowest BCUT2D eigenvalue weighted by atomic mass is 10.2. The smallest absolute Gasteiger partial charge is 0.297 e. The summed E-state index contributed by atoms with van der Waals surface area (Å²) >= 11 is 1.41. The molecule has 0 aliphatic rings. The highest BCUT2D eigenvalue weighted by Crippen LogP contribution is 2.24. The number of nitro groups is 1.